The molecule has 0 aliphatic heterocycles. The summed E-state index contributed by atoms with van der Waals surface area (Å²) in [6.45, 7) is 9.85. The molecule has 0 saturated heterocycles. The lowest BCUT2D eigenvalue weighted by molar-refractivity contribution is 0.0488. The lowest BCUT2D eigenvalue weighted by atomic mass is 10.0. The highest BCUT2D eigenvalue weighted by atomic mass is 32.2. The van der Waals surface area contributed by atoms with Crippen LogP contribution in [0.2, 0.25) is 0 Å². The van der Waals surface area contributed by atoms with Crippen molar-refractivity contribution < 1.29 is 38.1 Å². The number of unbranched alkanes of at least 4 members (excludes halogenated alkanes) is 27. The molecule has 0 spiro atoms. The van der Waals surface area contributed by atoms with E-state index in [1.165, 1.54) is 183 Å². The van der Waals surface area contributed by atoms with E-state index >= 15 is 0 Å². The van der Waals surface area contributed by atoms with Crippen LogP contribution < -0.4 is 9.47 Å². The molecule has 6 rings (SSSR count). The molecule has 6 aromatic carbocycles. The first-order valence-electron chi connectivity index (χ1n) is 34.4. The van der Waals surface area contributed by atoms with E-state index in [9.17, 15) is 19.2 Å². The smallest absolute Gasteiger partial charge is 0.343 e. The van der Waals surface area contributed by atoms with Crippen molar-refractivity contribution in [1.29, 1.82) is 0 Å². The van der Waals surface area contributed by atoms with Gasteiger partial charge < -0.3 is 18.9 Å². The molecule has 0 aliphatic rings. The Bertz CT molecular complexity index is 2810. The minimum atomic E-state index is -0.432. The Balaban J connectivity index is 0.000000324. The van der Waals surface area contributed by atoms with E-state index < -0.39 is 11.9 Å². The van der Waals surface area contributed by atoms with E-state index in [0.29, 0.717) is 47.0 Å². The largest absolute Gasteiger partial charge is 0.462 e. The second kappa shape index (κ2) is 46.9. The summed E-state index contributed by atoms with van der Waals surface area (Å²) in [5.41, 5.74) is 6.22. The Labute approximate surface area is 545 Å². The van der Waals surface area contributed by atoms with Crippen molar-refractivity contribution in [1.82, 2.24) is 0 Å². The fourth-order valence-electron chi connectivity index (χ4n) is 10.4. The summed E-state index contributed by atoms with van der Waals surface area (Å²) in [5, 5.41) is 0. The third kappa shape index (κ3) is 31.5. The second-order valence-electron chi connectivity index (χ2n) is 23.5. The average molecular weight is 1250 g/mol. The maximum absolute atomic E-state index is 12.7. The molecule has 482 valence electrons. The summed E-state index contributed by atoms with van der Waals surface area (Å²) in [5.74, 6) is 1.56. The molecule has 89 heavy (non-hydrogen) atoms. The van der Waals surface area contributed by atoms with E-state index in [2.05, 4.69) is 76.2 Å². The van der Waals surface area contributed by atoms with E-state index in [0.717, 1.165) is 59.4 Å². The summed E-state index contributed by atoms with van der Waals surface area (Å²) in [4.78, 5) is 52.8. The monoisotopic (exact) mass is 1250 g/mol. The van der Waals surface area contributed by atoms with Crippen LogP contribution in [0, 0.1) is 0 Å². The molecule has 10 heteroatoms. The van der Waals surface area contributed by atoms with Crippen LogP contribution in [-0.2, 0) is 9.47 Å². The Hall–Kier alpha value is -6.10. The Morgan fingerprint density at radius 2 is 0.483 bits per heavy atom. The maximum atomic E-state index is 12.7. The molecule has 6 aromatic rings. The molecule has 0 fully saturated rings. The van der Waals surface area contributed by atoms with Gasteiger partial charge >= 0.3 is 23.9 Å². The summed E-state index contributed by atoms with van der Waals surface area (Å²) in [7, 11) is 0. The molecule has 0 atom stereocenters. The van der Waals surface area contributed by atoms with E-state index in [4.69, 9.17) is 18.9 Å². The molecule has 0 amide bonds. The zero-order valence-electron chi connectivity index (χ0n) is 54.7. The quantitative estimate of drug-likeness (QED) is 0.0159. The number of benzene rings is 6. The van der Waals surface area contributed by atoms with Crippen LogP contribution in [0.1, 0.15) is 268 Å². The van der Waals surface area contributed by atoms with Crippen LogP contribution in [0.25, 0.3) is 22.3 Å². The van der Waals surface area contributed by atoms with Gasteiger partial charge in [-0.2, -0.15) is 0 Å². The number of hydrogen-bond acceptors (Lipinski definition) is 10. The first-order chi connectivity index (χ1) is 43.7. The van der Waals surface area contributed by atoms with Gasteiger partial charge in [0.2, 0.25) is 0 Å². The van der Waals surface area contributed by atoms with E-state index in [-0.39, 0.29) is 11.9 Å². The number of thioether (sulfide) groups is 2. The first-order valence-corrected chi connectivity index (χ1v) is 36.3. The lowest BCUT2D eigenvalue weighted by Gasteiger charge is -2.08. The number of esters is 4. The third-order valence-electron chi connectivity index (χ3n) is 16.0. The van der Waals surface area contributed by atoms with Gasteiger partial charge in [-0.15, -0.1) is 23.5 Å². The molecule has 0 saturated carbocycles. The summed E-state index contributed by atoms with van der Waals surface area (Å²) >= 11 is 3.85. The second-order valence-corrected chi connectivity index (χ2v) is 25.9. The molecule has 0 aliphatic carbocycles. The van der Waals surface area contributed by atoms with Crippen molar-refractivity contribution in [3.63, 3.8) is 0 Å². The number of rotatable bonds is 45. The van der Waals surface area contributed by atoms with Crippen LogP contribution >= 0.6 is 23.5 Å². The number of carbonyl (C=O) groups excluding carboxylic acids is 4. The topological polar surface area (TPSA) is 105 Å². The Kier molecular flexibility index (Phi) is 38.8. The van der Waals surface area contributed by atoms with Gasteiger partial charge in [0.1, 0.15) is 11.5 Å². The normalized spacial score (nSPS) is 11.0. The SMILES string of the molecule is CCCCCCCCCCOC(=O)c1ccc(OC(=O)c2ccc(-c3ccc(SCCCCCCCCC)cc3)cc2)cc1.CCCCCCCCCCOC(=O)c1ccc(OC(=O)c2ccc(-c3ccc(SCCCCCCCCCC)cc3)cc2)cc1. The van der Waals surface area contributed by atoms with Crippen molar-refractivity contribution in [3.8, 4) is 33.8 Å². The van der Waals surface area contributed by atoms with Gasteiger partial charge in [-0.05, 0) is 157 Å². The van der Waals surface area contributed by atoms with Gasteiger partial charge in [0, 0.05) is 9.79 Å². The molecule has 0 heterocycles. The van der Waals surface area contributed by atoms with Crippen molar-refractivity contribution in [3.05, 3.63) is 168 Å². The molecule has 8 nitrogen and oxygen atoms in total. The highest BCUT2D eigenvalue weighted by molar-refractivity contribution is 7.99. The number of carbonyl (C=O) groups is 4. The fraction of sp³-hybridized carbons (Fsp3) is 0.494. The predicted molar refractivity (Wildman–Crippen MR) is 374 cm³/mol. The zero-order valence-corrected chi connectivity index (χ0v) is 56.3. The molecule has 0 unspecified atom stereocenters. The highest BCUT2D eigenvalue weighted by Crippen LogP contribution is 2.29. The standard InChI is InChI=1S/C40H54O4S.C39H52O4S/c1-3-5-7-9-11-13-15-17-31-43-39(41)35-23-27-37(28-24-35)44-40(42)36-21-19-33(20-22-36)34-25-29-38(30-26-34)45-32-18-16-14-12-10-8-6-4-2;1-3-5-7-9-11-12-14-16-30-42-38(40)34-22-26-36(27-23-34)43-39(41)35-20-18-32(19-21-35)33-24-28-37(29-25-33)44-31-17-15-13-10-8-6-4-2/h19-30H,3-18,31-32H2,1-2H3;18-29H,3-17,30-31H2,1-2H3. The minimum Gasteiger partial charge on any atom is -0.462 e. The first kappa shape index (κ1) is 73.6. The van der Waals surface area contributed by atoms with Crippen LogP contribution in [0.4, 0.5) is 0 Å². The highest BCUT2D eigenvalue weighted by Gasteiger charge is 2.14. The summed E-state index contributed by atoms with van der Waals surface area (Å²) in [6.07, 6.45) is 39.4. The molecular formula is C79H106O8S2. The Morgan fingerprint density at radius 3 is 0.764 bits per heavy atom. The van der Waals surface area contributed by atoms with Gasteiger partial charge in [-0.25, -0.2) is 19.2 Å². The maximum Gasteiger partial charge on any atom is 0.343 e. The van der Waals surface area contributed by atoms with Crippen LogP contribution in [0.15, 0.2) is 155 Å². The van der Waals surface area contributed by atoms with Gasteiger partial charge in [-0.1, -0.05) is 250 Å². The van der Waals surface area contributed by atoms with Crippen LogP contribution in [0.3, 0.4) is 0 Å². The van der Waals surface area contributed by atoms with Crippen LogP contribution in [-0.4, -0.2) is 48.6 Å². The van der Waals surface area contributed by atoms with Gasteiger partial charge in [0.05, 0.1) is 35.5 Å². The van der Waals surface area contributed by atoms with Gasteiger partial charge in [-0.3, -0.25) is 0 Å². The lowest BCUT2D eigenvalue weighted by Crippen LogP contribution is -2.09. The average Bonchev–Trinajstić information content (AvgIpc) is 3.71. The molecule has 0 radical (unpaired) electrons. The number of ether oxygens (including phenoxy) is 4. The third-order valence-corrected chi connectivity index (χ3v) is 18.2. The van der Waals surface area contributed by atoms with E-state index in [1.807, 2.05) is 47.8 Å². The van der Waals surface area contributed by atoms with Crippen LogP contribution in [0.5, 0.6) is 11.5 Å². The van der Waals surface area contributed by atoms with Crippen molar-refractivity contribution in [2.24, 2.45) is 0 Å². The summed E-state index contributed by atoms with van der Waals surface area (Å²) < 4.78 is 21.9. The molecule has 0 aromatic heterocycles. The Morgan fingerprint density at radius 1 is 0.258 bits per heavy atom. The van der Waals surface area contributed by atoms with E-state index in [1.54, 1.807) is 72.8 Å². The predicted octanol–water partition coefficient (Wildman–Crippen LogP) is 23.8. The minimum absolute atomic E-state index is 0.346. The van der Waals surface area contributed by atoms with Gasteiger partial charge in [0.15, 0.2) is 0 Å². The van der Waals surface area contributed by atoms with Crippen molar-refractivity contribution in [2.45, 2.75) is 237 Å². The fourth-order valence-corrected chi connectivity index (χ4v) is 12.2. The summed E-state index contributed by atoms with van der Waals surface area (Å²) in [6, 6.07) is 45.3. The van der Waals surface area contributed by atoms with Crippen molar-refractivity contribution >= 4 is 47.4 Å². The zero-order chi connectivity index (χ0) is 63.2. The van der Waals surface area contributed by atoms with Crippen molar-refractivity contribution in [2.75, 3.05) is 24.7 Å². The van der Waals surface area contributed by atoms with Gasteiger partial charge in [0.25, 0.3) is 0 Å². The number of hydrogen-bond donors (Lipinski definition) is 0. The molecule has 0 bridgehead atoms. The molecule has 0 N–H and O–H groups in total. The molecular weight excluding hydrogens is 1140 g/mol.